The lowest BCUT2D eigenvalue weighted by molar-refractivity contribution is -0.136. The molecule has 0 radical (unpaired) electrons. The Morgan fingerprint density at radius 2 is 1.06 bits per heavy atom. The molecule has 14 heteroatoms. The Kier molecular flexibility index (Phi) is 15.3. The first-order valence-electron chi connectivity index (χ1n) is 18.2. The summed E-state index contributed by atoms with van der Waals surface area (Å²) in [6, 6.07) is 2.55. The molecule has 2 heterocycles. The van der Waals surface area contributed by atoms with Crippen molar-refractivity contribution in [1.29, 1.82) is 0 Å². The van der Waals surface area contributed by atoms with Gasteiger partial charge < -0.3 is 31.9 Å². The van der Waals surface area contributed by atoms with Gasteiger partial charge in [-0.05, 0) is 41.6 Å². The zero-order chi connectivity index (χ0) is 38.2. The number of carbonyl (C=O) groups is 6. The van der Waals surface area contributed by atoms with Crippen LogP contribution in [0.15, 0.2) is 30.3 Å². The molecule has 3 rings (SSSR count). The summed E-state index contributed by atoms with van der Waals surface area (Å²) in [7, 11) is 0. The van der Waals surface area contributed by atoms with E-state index in [1.165, 1.54) is 11.8 Å². The van der Waals surface area contributed by atoms with Crippen LogP contribution in [0.5, 0.6) is 0 Å². The first-order valence-corrected chi connectivity index (χ1v) is 19.2. The minimum absolute atomic E-state index is 0.0165. The maximum atomic E-state index is 14.0. The lowest BCUT2D eigenvalue weighted by Gasteiger charge is -2.32. The Balaban J connectivity index is 2.09. The largest absolute Gasteiger partial charge is 0.349 e. The van der Waals surface area contributed by atoms with Crippen LogP contribution in [0.2, 0.25) is 0 Å². The highest BCUT2D eigenvalue weighted by molar-refractivity contribution is 8.00. The Morgan fingerprint density at radius 3 is 1.57 bits per heavy atom. The molecule has 13 nitrogen and oxygen atoms in total. The van der Waals surface area contributed by atoms with Crippen molar-refractivity contribution < 1.29 is 28.8 Å². The summed E-state index contributed by atoms with van der Waals surface area (Å²) in [6.45, 7) is 18.6. The monoisotopic (exact) mass is 729 g/mol. The molecule has 2 aliphatic heterocycles. The van der Waals surface area contributed by atoms with Crippen molar-refractivity contribution >= 4 is 47.2 Å². The molecular formula is C37H59N7O6S. The van der Waals surface area contributed by atoms with Gasteiger partial charge in [-0.2, -0.15) is 0 Å². The minimum atomic E-state index is -1.18. The number of fused-ring (bicyclic) bond motifs is 2. The molecule has 0 spiro atoms. The zero-order valence-corrected chi connectivity index (χ0v) is 32.5. The third kappa shape index (κ3) is 11.4. The number of amides is 6. The van der Waals surface area contributed by atoms with Crippen molar-refractivity contribution in [2.75, 3.05) is 5.75 Å². The van der Waals surface area contributed by atoms with Crippen LogP contribution < -0.4 is 37.2 Å². The van der Waals surface area contributed by atoms with Crippen LogP contribution in [0, 0.1) is 29.6 Å². The number of rotatable bonds is 7. The van der Waals surface area contributed by atoms with Crippen molar-refractivity contribution in [2.45, 2.75) is 123 Å². The molecule has 7 N–H and O–H groups in total. The molecule has 51 heavy (non-hydrogen) atoms. The standard InChI is InChI=1S/C37H59N7O6S/c1-18(2)16-24-31(45)40-26(19(3)4)33(47)42-28(21(7)8)34(48)43-29(22(9)10)37-39-25(17-51-37)32(46)41-27(20(5)6)35(49)44-30(36(50)38-24)23-14-12-11-13-15-23/h11-15,18-22,24-30,37,39H,16-17H2,1-10H3,(H,38,50)(H,40,45)(H,41,46)(H,42,47)(H,43,48)(H,44,49)/t24-,25+,26+,27-,28-,29+,30+,37?/m1/s1. The predicted octanol–water partition coefficient (Wildman–Crippen LogP) is 1.98. The first-order chi connectivity index (χ1) is 23.9. The van der Waals surface area contributed by atoms with E-state index in [4.69, 9.17) is 0 Å². The number of benzene rings is 1. The molecule has 2 bridgehead atoms. The van der Waals surface area contributed by atoms with Gasteiger partial charge in [-0.1, -0.05) is 99.6 Å². The van der Waals surface area contributed by atoms with E-state index >= 15 is 0 Å². The fourth-order valence-corrected chi connectivity index (χ4v) is 7.69. The highest BCUT2D eigenvalue weighted by atomic mass is 32.2. The molecule has 8 atom stereocenters. The van der Waals surface area contributed by atoms with Gasteiger partial charge in [-0.15, -0.1) is 11.8 Å². The zero-order valence-electron chi connectivity index (χ0n) is 31.7. The summed E-state index contributed by atoms with van der Waals surface area (Å²) in [6.07, 6.45) is 0.255. The van der Waals surface area contributed by atoms with E-state index in [1.807, 2.05) is 55.4 Å². The van der Waals surface area contributed by atoms with E-state index in [-0.39, 0.29) is 53.2 Å². The molecule has 2 aliphatic rings. The van der Waals surface area contributed by atoms with E-state index in [0.29, 0.717) is 11.3 Å². The smallest absolute Gasteiger partial charge is 0.247 e. The van der Waals surface area contributed by atoms with E-state index in [9.17, 15) is 28.8 Å². The summed E-state index contributed by atoms with van der Waals surface area (Å²) >= 11 is 1.50. The van der Waals surface area contributed by atoms with Crippen molar-refractivity contribution in [3.8, 4) is 0 Å². The molecule has 2 fully saturated rings. The maximum Gasteiger partial charge on any atom is 0.247 e. The summed E-state index contributed by atoms with van der Waals surface area (Å²) in [5.74, 6) is -3.59. The molecule has 1 aromatic rings. The lowest BCUT2D eigenvalue weighted by Crippen LogP contribution is -2.61. The van der Waals surface area contributed by atoms with Gasteiger partial charge in [0.1, 0.15) is 30.2 Å². The Morgan fingerprint density at radius 1 is 0.569 bits per heavy atom. The number of hydrogen-bond donors (Lipinski definition) is 7. The third-order valence-electron chi connectivity index (χ3n) is 9.24. The van der Waals surface area contributed by atoms with Crippen molar-refractivity contribution in [1.82, 2.24) is 37.2 Å². The highest BCUT2D eigenvalue weighted by Gasteiger charge is 2.40. The topological polar surface area (TPSA) is 187 Å². The van der Waals surface area contributed by atoms with Gasteiger partial charge in [-0.25, -0.2) is 0 Å². The van der Waals surface area contributed by atoms with E-state index in [1.54, 1.807) is 44.2 Å². The molecular weight excluding hydrogens is 671 g/mol. The number of thioether (sulfide) groups is 1. The van der Waals surface area contributed by atoms with Crippen LogP contribution in [0.1, 0.15) is 87.3 Å². The van der Waals surface area contributed by atoms with Gasteiger partial charge in [0.15, 0.2) is 0 Å². The Bertz CT molecular complexity index is 1390. The van der Waals surface area contributed by atoms with E-state index in [0.717, 1.165) is 0 Å². The molecule has 0 aromatic heterocycles. The molecule has 6 amide bonds. The number of nitrogens with one attached hydrogen (secondary N) is 7. The van der Waals surface area contributed by atoms with Crippen molar-refractivity contribution in [3.63, 3.8) is 0 Å². The summed E-state index contributed by atoms with van der Waals surface area (Å²) < 4.78 is 0. The Hall–Kier alpha value is -3.65. The van der Waals surface area contributed by atoms with Crippen molar-refractivity contribution in [3.05, 3.63) is 35.9 Å². The molecule has 1 unspecified atom stereocenters. The second-order valence-corrected chi connectivity index (χ2v) is 16.7. The van der Waals surface area contributed by atoms with Crippen LogP contribution in [-0.4, -0.2) is 82.8 Å². The molecule has 1 aromatic carbocycles. The third-order valence-corrected chi connectivity index (χ3v) is 10.6. The van der Waals surface area contributed by atoms with Gasteiger partial charge in [0.2, 0.25) is 35.4 Å². The van der Waals surface area contributed by atoms with Crippen LogP contribution in [0.25, 0.3) is 0 Å². The van der Waals surface area contributed by atoms with Crippen LogP contribution >= 0.6 is 11.8 Å². The summed E-state index contributed by atoms with van der Waals surface area (Å²) in [5, 5.41) is 20.4. The van der Waals surface area contributed by atoms with Gasteiger partial charge >= 0.3 is 0 Å². The van der Waals surface area contributed by atoms with Crippen LogP contribution in [0.4, 0.5) is 0 Å². The number of hydrogen-bond acceptors (Lipinski definition) is 8. The normalized spacial score (nSPS) is 29.3. The molecule has 0 saturated carbocycles. The van der Waals surface area contributed by atoms with E-state index < -0.39 is 65.9 Å². The van der Waals surface area contributed by atoms with Crippen LogP contribution in [-0.2, 0) is 28.8 Å². The summed E-state index contributed by atoms with van der Waals surface area (Å²) in [5.41, 5.74) is 0.493. The van der Waals surface area contributed by atoms with E-state index in [2.05, 4.69) is 37.2 Å². The van der Waals surface area contributed by atoms with Gasteiger partial charge in [0.05, 0.1) is 17.5 Å². The van der Waals surface area contributed by atoms with Crippen molar-refractivity contribution in [2.24, 2.45) is 29.6 Å². The maximum absolute atomic E-state index is 14.0. The second kappa shape index (κ2) is 18.7. The second-order valence-electron chi connectivity index (χ2n) is 15.5. The quantitative estimate of drug-likeness (QED) is 0.222. The summed E-state index contributed by atoms with van der Waals surface area (Å²) in [4.78, 5) is 83.1. The van der Waals surface area contributed by atoms with Gasteiger partial charge in [-0.3, -0.25) is 34.1 Å². The number of carbonyl (C=O) groups excluding carboxylic acids is 6. The van der Waals surface area contributed by atoms with Crippen LogP contribution in [0.3, 0.4) is 0 Å². The predicted molar refractivity (Wildman–Crippen MR) is 199 cm³/mol. The van der Waals surface area contributed by atoms with Gasteiger partial charge in [0.25, 0.3) is 0 Å². The lowest BCUT2D eigenvalue weighted by atomic mass is 9.97. The molecule has 284 valence electrons. The Labute approximate surface area is 307 Å². The fourth-order valence-electron chi connectivity index (χ4n) is 6.19. The fraction of sp³-hybridized carbons (Fsp3) is 0.676. The van der Waals surface area contributed by atoms with Gasteiger partial charge in [0, 0.05) is 5.75 Å². The average Bonchev–Trinajstić information content (AvgIpc) is 3.54. The molecule has 2 saturated heterocycles. The SMILES string of the molecule is CC(C)C[C@H]1NC(=O)[C@H](c2ccccc2)NC(=O)[C@@H](C(C)C)NC(=O)[C@@H]2CSC(N2)[C@H](C(C)C)NC(=O)[C@@H](C(C)C)NC(=O)[C@H](C(C)C)NC1=O. The first kappa shape index (κ1) is 41.8. The molecule has 0 aliphatic carbocycles. The highest BCUT2D eigenvalue weighted by Crippen LogP contribution is 2.26. The average molecular weight is 730 g/mol. The minimum Gasteiger partial charge on any atom is -0.349 e.